The summed E-state index contributed by atoms with van der Waals surface area (Å²) < 4.78 is 20.9. The highest BCUT2D eigenvalue weighted by Gasteiger charge is 2.26. The summed E-state index contributed by atoms with van der Waals surface area (Å²) in [5.41, 5.74) is 5.21. The minimum Gasteiger partial charge on any atom is -0.380 e. The topological polar surface area (TPSA) is 45.9 Å². The maximum absolute atomic E-state index is 13.4. The Kier molecular flexibility index (Phi) is 5.87. The fraction of sp³-hybridized carbons (Fsp3) is 0.500. The lowest BCUT2D eigenvalue weighted by Crippen LogP contribution is -2.48. The molecule has 31 heavy (non-hydrogen) atoms. The van der Waals surface area contributed by atoms with Crippen molar-refractivity contribution in [1.82, 2.24) is 19.5 Å². The van der Waals surface area contributed by atoms with Gasteiger partial charge in [-0.05, 0) is 56.9 Å². The van der Waals surface area contributed by atoms with Gasteiger partial charge in [0.15, 0.2) is 5.65 Å². The van der Waals surface area contributed by atoms with Crippen LogP contribution in [0.2, 0.25) is 0 Å². The number of hydrogen-bond acceptors (Lipinski definition) is 5. The average molecular weight is 424 g/mol. The Hall–Kier alpha value is -2.51. The number of aryl methyl sites for hydroxylation is 1. The van der Waals surface area contributed by atoms with Crippen LogP contribution in [-0.2, 0) is 17.6 Å². The van der Waals surface area contributed by atoms with Crippen molar-refractivity contribution in [2.75, 3.05) is 50.8 Å². The molecule has 2 aliphatic rings. The Morgan fingerprint density at radius 3 is 2.58 bits per heavy atom. The highest BCUT2D eigenvalue weighted by molar-refractivity contribution is 5.67. The molecule has 0 N–H and O–H groups in total. The molecular weight excluding hydrogens is 393 g/mol. The van der Waals surface area contributed by atoms with E-state index in [0.29, 0.717) is 0 Å². The van der Waals surface area contributed by atoms with Crippen LogP contribution in [0.25, 0.3) is 16.9 Å². The molecule has 0 bridgehead atoms. The van der Waals surface area contributed by atoms with Crippen LogP contribution in [-0.4, -0.2) is 65.4 Å². The summed E-state index contributed by atoms with van der Waals surface area (Å²) in [6.45, 7) is 8.60. The first kappa shape index (κ1) is 20.4. The largest absolute Gasteiger partial charge is 0.380 e. The SMILES string of the molecule is CCOCCN1CCN(c2c3c(nc4cc(-c5ccc(F)cc5)nn24)CCCC3)CC1. The Labute approximate surface area is 182 Å². The van der Waals surface area contributed by atoms with Crippen LogP contribution in [0.1, 0.15) is 31.0 Å². The van der Waals surface area contributed by atoms with Crippen LogP contribution >= 0.6 is 0 Å². The molecule has 0 amide bonds. The normalized spacial score (nSPS) is 17.3. The van der Waals surface area contributed by atoms with E-state index < -0.39 is 0 Å². The number of halogens is 1. The first-order chi connectivity index (χ1) is 15.2. The van der Waals surface area contributed by atoms with Gasteiger partial charge < -0.3 is 9.64 Å². The van der Waals surface area contributed by atoms with Crippen LogP contribution in [0.4, 0.5) is 10.2 Å². The number of benzene rings is 1. The van der Waals surface area contributed by atoms with Crippen molar-refractivity contribution in [2.24, 2.45) is 0 Å². The molecule has 0 atom stereocenters. The van der Waals surface area contributed by atoms with Gasteiger partial charge in [-0.3, -0.25) is 4.90 Å². The Balaban J connectivity index is 1.48. The summed E-state index contributed by atoms with van der Waals surface area (Å²) in [6.07, 6.45) is 4.49. The van der Waals surface area contributed by atoms with Crippen LogP contribution in [0.3, 0.4) is 0 Å². The zero-order chi connectivity index (χ0) is 21.2. The van der Waals surface area contributed by atoms with Gasteiger partial charge in [0.25, 0.3) is 0 Å². The molecule has 5 rings (SSSR count). The van der Waals surface area contributed by atoms with E-state index in [2.05, 4.69) is 9.80 Å². The van der Waals surface area contributed by atoms with E-state index >= 15 is 0 Å². The van der Waals surface area contributed by atoms with Crippen molar-refractivity contribution >= 4 is 11.5 Å². The molecular formula is C24H30FN5O. The molecule has 3 aromatic rings. The van der Waals surface area contributed by atoms with E-state index in [9.17, 15) is 4.39 Å². The van der Waals surface area contributed by atoms with Gasteiger partial charge >= 0.3 is 0 Å². The molecule has 0 spiro atoms. The fourth-order valence-corrected chi connectivity index (χ4v) is 4.73. The van der Waals surface area contributed by atoms with Gasteiger partial charge in [0.1, 0.15) is 11.6 Å². The third kappa shape index (κ3) is 4.16. The molecule has 1 aliphatic heterocycles. The first-order valence-electron chi connectivity index (χ1n) is 11.5. The highest BCUT2D eigenvalue weighted by Crippen LogP contribution is 2.32. The fourth-order valence-electron chi connectivity index (χ4n) is 4.73. The summed E-state index contributed by atoms with van der Waals surface area (Å²) in [5, 5.41) is 4.93. The minimum absolute atomic E-state index is 0.232. The standard InChI is InChI=1S/C24H30FN5O/c1-2-31-16-15-28-11-13-29(14-12-28)24-20-5-3-4-6-21(20)26-23-17-22(27-30(23)24)18-7-9-19(25)10-8-18/h7-10,17H,2-6,11-16H2,1H3. The van der Waals surface area contributed by atoms with Crippen LogP contribution in [0.15, 0.2) is 30.3 Å². The van der Waals surface area contributed by atoms with Crippen molar-refractivity contribution in [1.29, 1.82) is 0 Å². The molecule has 1 saturated heterocycles. The second-order valence-corrected chi connectivity index (χ2v) is 8.40. The van der Waals surface area contributed by atoms with E-state index in [1.807, 2.05) is 17.5 Å². The van der Waals surface area contributed by atoms with Gasteiger partial charge in [0, 0.05) is 62.2 Å². The van der Waals surface area contributed by atoms with Gasteiger partial charge in [-0.2, -0.15) is 9.61 Å². The molecule has 1 fully saturated rings. The van der Waals surface area contributed by atoms with Crippen LogP contribution in [0, 0.1) is 5.82 Å². The summed E-state index contributed by atoms with van der Waals surface area (Å²) in [6, 6.07) is 8.58. The van der Waals surface area contributed by atoms with Gasteiger partial charge in [0.2, 0.25) is 0 Å². The quantitative estimate of drug-likeness (QED) is 0.567. The Morgan fingerprint density at radius 1 is 1.03 bits per heavy atom. The van der Waals surface area contributed by atoms with Gasteiger partial charge in [-0.15, -0.1) is 0 Å². The van der Waals surface area contributed by atoms with E-state index in [1.54, 1.807) is 12.1 Å². The van der Waals surface area contributed by atoms with Crippen molar-refractivity contribution in [3.63, 3.8) is 0 Å². The maximum atomic E-state index is 13.4. The van der Waals surface area contributed by atoms with Gasteiger partial charge in [0.05, 0.1) is 12.3 Å². The number of ether oxygens (including phenoxy) is 1. The molecule has 164 valence electrons. The predicted octanol–water partition coefficient (Wildman–Crippen LogP) is 3.57. The molecule has 0 saturated carbocycles. The minimum atomic E-state index is -0.232. The number of aromatic nitrogens is 3. The van der Waals surface area contributed by atoms with Crippen molar-refractivity contribution in [3.8, 4) is 11.3 Å². The number of nitrogens with zero attached hydrogens (tertiary/aromatic N) is 5. The first-order valence-corrected chi connectivity index (χ1v) is 11.5. The Bertz CT molecular complexity index is 1040. The van der Waals surface area contributed by atoms with Crippen LogP contribution in [0.5, 0.6) is 0 Å². The maximum Gasteiger partial charge on any atom is 0.158 e. The van der Waals surface area contributed by atoms with Gasteiger partial charge in [-0.25, -0.2) is 9.37 Å². The monoisotopic (exact) mass is 423 g/mol. The smallest absolute Gasteiger partial charge is 0.158 e. The van der Waals surface area contributed by atoms with E-state index in [4.69, 9.17) is 14.8 Å². The van der Waals surface area contributed by atoms with E-state index in [-0.39, 0.29) is 5.82 Å². The molecule has 0 unspecified atom stereocenters. The second kappa shape index (κ2) is 8.93. The van der Waals surface area contributed by atoms with Crippen molar-refractivity contribution in [2.45, 2.75) is 32.6 Å². The van der Waals surface area contributed by atoms with E-state index in [0.717, 1.165) is 75.7 Å². The van der Waals surface area contributed by atoms with Crippen molar-refractivity contribution < 1.29 is 9.13 Å². The Morgan fingerprint density at radius 2 is 1.81 bits per heavy atom. The number of anilines is 1. The molecule has 2 aromatic heterocycles. The van der Waals surface area contributed by atoms with E-state index in [1.165, 1.54) is 42.0 Å². The molecule has 1 aliphatic carbocycles. The lowest BCUT2D eigenvalue weighted by Gasteiger charge is -2.37. The molecule has 1 aromatic carbocycles. The number of fused-ring (bicyclic) bond motifs is 2. The number of rotatable bonds is 6. The number of hydrogen-bond donors (Lipinski definition) is 0. The summed E-state index contributed by atoms with van der Waals surface area (Å²) >= 11 is 0. The third-order valence-corrected chi connectivity index (χ3v) is 6.42. The third-order valence-electron chi connectivity index (χ3n) is 6.42. The van der Waals surface area contributed by atoms with Crippen molar-refractivity contribution in [3.05, 3.63) is 47.4 Å². The number of piperazine rings is 1. The molecule has 0 radical (unpaired) electrons. The summed E-state index contributed by atoms with van der Waals surface area (Å²) in [5.74, 6) is 0.974. The van der Waals surface area contributed by atoms with Gasteiger partial charge in [-0.1, -0.05) is 0 Å². The lowest BCUT2D eigenvalue weighted by molar-refractivity contribution is 0.111. The molecule has 6 nitrogen and oxygen atoms in total. The lowest BCUT2D eigenvalue weighted by atomic mass is 9.96. The zero-order valence-corrected chi connectivity index (χ0v) is 18.2. The summed E-state index contributed by atoms with van der Waals surface area (Å²) in [7, 11) is 0. The average Bonchev–Trinajstić information content (AvgIpc) is 3.22. The van der Waals surface area contributed by atoms with Crippen LogP contribution < -0.4 is 4.90 Å². The second-order valence-electron chi connectivity index (χ2n) is 8.40. The highest BCUT2D eigenvalue weighted by atomic mass is 19.1. The zero-order valence-electron chi connectivity index (χ0n) is 18.2. The molecule has 3 heterocycles. The summed E-state index contributed by atoms with van der Waals surface area (Å²) in [4.78, 5) is 9.93. The molecule has 7 heteroatoms. The predicted molar refractivity (Wildman–Crippen MR) is 120 cm³/mol.